The van der Waals surface area contributed by atoms with Crippen LogP contribution in [-0.4, -0.2) is 63.9 Å². The molecule has 0 aliphatic carbocycles. The van der Waals surface area contributed by atoms with Crippen LogP contribution >= 0.6 is 11.3 Å². The average molecular weight is 441 g/mol. The molecule has 0 spiro atoms. The predicted molar refractivity (Wildman–Crippen MR) is 113 cm³/mol. The number of aromatic nitrogens is 3. The molecule has 1 fully saturated rings. The molecule has 2 aromatic heterocycles. The summed E-state index contributed by atoms with van der Waals surface area (Å²) in [6, 6.07) is 0. The van der Waals surface area contributed by atoms with Gasteiger partial charge in [-0.25, -0.2) is 4.98 Å². The molecule has 0 atom stereocenters. The fourth-order valence-electron chi connectivity index (χ4n) is 3.66. The molecular formula is C18H28N6O3S2. The summed E-state index contributed by atoms with van der Waals surface area (Å²) < 4.78 is 30.1. The largest absolute Gasteiger partial charge is 0.298 e. The Morgan fingerprint density at radius 1 is 1.31 bits per heavy atom. The van der Waals surface area contributed by atoms with E-state index in [9.17, 15) is 13.2 Å². The zero-order valence-electron chi connectivity index (χ0n) is 17.0. The highest BCUT2D eigenvalue weighted by Crippen LogP contribution is 2.25. The minimum Gasteiger partial charge on any atom is -0.298 e. The molecule has 160 valence electrons. The van der Waals surface area contributed by atoms with Crippen molar-refractivity contribution in [3.8, 4) is 0 Å². The van der Waals surface area contributed by atoms with Gasteiger partial charge in [0, 0.05) is 51.0 Å². The number of piperidine rings is 1. The standard InChI is InChI=1S/C18H28N6O3S2/c1-4-23(5-2)29(26,27)24-9-6-14(7-10-24)12-16-15(13-22(3)21-16)17(25)20-18-19-8-11-28-18/h8,11,13-14H,4-7,9-10,12H2,1-3H3,(H,19,20,25). The molecule has 11 heteroatoms. The molecule has 0 bridgehead atoms. The summed E-state index contributed by atoms with van der Waals surface area (Å²) in [5.41, 5.74) is 1.28. The number of anilines is 1. The Labute approximate surface area is 175 Å². The molecule has 9 nitrogen and oxygen atoms in total. The summed E-state index contributed by atoms with van der Waals surface area (Å²) in [6.07, 6.45) is 5.53. The van der Waals surface area contributed by atoms with Gasteiger partial charge in [-0.2, -0.15) is 22.1 Å². The average Bonchev–Trinajstić information content (AvgIpc) is 3.32. The lowest BCUT2D eigenvalue weighted by molar-refractivity contribution is 0.102. The van der Waals surface area contributed by atoms with Crippen molar-refractivity contribution in [1.29, 1.82) is 0 Å². The topological polar surface area (TPSA) is 100 Å². The summed E-state index contributed by atoms with van der Waals surface area (Å²) in [5, 5.41) is 9.64. The summed E-state index contributed by atoms with van der Waals surface area (Å²) in [4.78, 5) is 16.7. The number of nitrogens with zero attached hydrogens (tertiary/aromatic N) is 5. The number of hydrogen-bond donors (Lipinski definition) is 1. The van der Waals surface area contributed by atoms with E-state index < -0.39 is 10.2 Å². The van der Waals surface area contributed by atoms with E-state index >= 15 is 0 Å². The van der Waals surface area contributed by atoms with Crippen LogP contribution in [0.2, 0.25) is 0 Å². The predicted octanol–water partition coefficient (Wildman–Crippen LogP) is 1.97. The van der Waals surface area contributed by atoms with Gasteiger partial charge in [0.1, 0.15) is 0 Å². The first-order valence-electron chi connectivity index (χ1n) is 9.83. The number of thiazole rings is 1. The summed E-state index contributed by atoms with van der Waals surface area (Å²) >= 11 is 1.37. The first kappa shape index (κ1) is 21.9. The molecule has 0 unspecified atom stereocenters. The van der Waals surface area contributed by atoms with Gasteiger partial charge in [0.15, 0.2) is 5.13 Å². The summed E-state index contributed by atoms with van der Waals surface area (Å²) in [5.74, 6) is 0.0732. The molecular weight excluding hydrogens is 412 g/mol. The summed E-state index contributed by atoms with van der Waals surface area (Å²) in [6.45, 7) is 5.66. The number of aryl methyl sites for hydroxylation is 1. The lowest BCUT2D eigenvalue weighted by atomic mass is 9.92. The molecule has 1 saturated heterocycles. The highest BCUT2D eigenvalue weighted by molar-refractivity contribution is 7.86. The second-order valence-corrected chi connectivity index (χ2v) is 9.92. The third kappa shape index (κ3) is 5.03. The zero-order valence-corrected chi connectivity index (χ0v) is 18.7. The van der Waals surface area contributed by atoms with Crippen LogP contribution in [0.3, 0.4) is 0 Å². The number of carbonyl (C=O) groups excluding carboxylic acids is 1. The first-order valence-corrected chi connectivity index (χ1v) is 12.1. The lowest BCUT2D eigenvalue weighted by Gasteiger charge is -2.34. The quantitative estimate of drug-likeness (QED) is 0.676. The maximum Gasteiger partial charge on any atom is 0.281 e. The number of amides is 1. The monoisotopic (exact) mass is 440 g/mol. The van der Waals surface area contributed by atoms with E-state index in [2.05, 4.69) is 15.4 Å². The van der Waals surface area contributed by atoms with E-state index in [0.717, 1.165) is 18.5 Å². The second kappa shape index (κ2) is 9.33. The van der Waals surface area contributed by atoms with Gasteiger partial charge in [0.2, 0.25) is 0 Å². The van der Waals surface area contributed by atoms with Crippen molar-refractivity contribution in [2.45, 2.75) is 33.1 Å². The molecule has 0 aromatic carbocycles. The van der Waals surface area contributed by atoms with Crippen molar-refractivity contribution >= 4 is 32.6 Å². The maximum absolute atomic E-state index is 12.7. The zero-order chi connectivity index (χ0) is 21.0. The molecule has 0 saturated carbocycles. The Morgan fingerprint density at radius 3 is 2.59 bits per heavy atom. The minimum atomic E-state index is -3.39. The van der Waals surface area contributed by atoms with Gasteiger partial charge in [-0.15, -0.1) is 11.3 Å². The van der Waals surface area contributed by atoms with Crippen molar-refractivity contribution in [3.05, 3.63) is 29.0 Å². The Hall–Kier alpha value is -1.82. The Morgan fingerprint density at radius 2 is 2.00 bits per heavy atom. The normalized spacial score (nSPS) is 16.4. The van der Waals surface area contributed by atoms with Gasteiger partial charge in [0.25, 0.3) is 16.1 Å². The maximum atomic E-state index is 12.7. The molecule has 29 heavy (non-hydrogen) atoms. The van der Waals surface area contributed by atoms with Crippen molar-refractivity contribution in [2.24, 2.45) is 13.0 Å². The van der Waals surface area contributed by atoms with E-state index in [1.54, 1.807) is 33.8 Å². The molecule has 3 heterocycles. The lowest BCUT2D eigenvalue weighted by Crippen LogP contribution is -2.47. The van der Waals surface area contributed by atoms with Crippen molar-refractivity contribution in [2.75, 3.05) is 31.5 Å². The Kier molecular flexibility index (Phi) is 7.04. The van der Waals surface area contributed by atoms with Crippen LogP contribution < -0.4 is 5.32 Å². The molecule has 1 amide bonds. The van der Waals surface area contributed by atoms with Crippen molar-refractivity contribution in [1.82, 2.24) is 23.4 Å². The van der Waals surface area contributed by atoms with E-state index in [1.165, 1.54) is 15.6 Å². The van der Waals surface area contributed by atoms with Crippen LogP contribution in [0.4, 0.5) is 5.13 Å². The third-order valence-electron chi connectivity index (χ3n) is 5.22. The number of hydrogen-bond acceptors (Lipinski definition) is 6. The highest BCUT2D eigenvalue weighted by Gasteiger charge is 2.32. The van der Waals surface area contributed by atoms with Crippen LogP contribution in [0.1, 0.15) is 42.7 Å². The highest BCUT2D eigenvalue weighted by atomic mass is 32.2. The van der Waals surface area contributed by atoms with Gasteiger partial charge in [-0.05, 0) is 25.2 Å². The van der Waals surface area contributed by atoms with Gasteiger partial charge in [0.05, 0.1) is 11.3 Å². The van der Waals surface area contributed by atoms with E-state index in [0.29, 0.717) is 49.2 Å². The molecule has 0 radical (unpaired) electrons. The first-order chi connectivity index (χ1) is 13.8. The molecule has 3 rings (SSSR count). The van der Waals surface area contributed by atoms with Gasteiger partial charge in [-0.3, -0.25) is 14.8 Å². The summed E-state index contributed by atoms with van der Waals surface area (Å²) in [7, 11) is -1.60. The van der Waals surface area contributed by atoms with Gasteiger partial charge >= 0.3 is 0 Å². The molecule has 2 aromatic rings. The van der Waals surface area contributed by atoms with Crippen LogP contribution in [0.5, 0.6) is 0 Å². The van der Waals surface area contributed by atoms with Crippen LogP contribution in [0.15, 0.2) is 17.8 Å². The van der Waals surface area contributed by atoms with Gasteiger partial charge in [-0.1, -0.05) is 13.8 Å². The Bertz CT molecular complexity index is 914. The fraction of sp³-hybridized carbons (Fsp3) is 0.611. The van der Waals surface area contributed by atoms with Crippen LogP contribution in [0, 0.1) is 5.92 Å². The fourth-order valence-corrected chi connectivity index (χ4v) is 5.83. The number of rotatable bonds is 8. The van der Waals surface area contributed by atoms with Crippen LogP contribution in [0.25, 0.3) is 0 Å². The van der Waals surface area contributed by atoms with Gasteiger partial charge < -0.3 is 0 Å². The Balaban J connectivity index is 1.63. The second-order valence-electron chi connectivity index (χ2n) is 7.09. The van der Waals surface area contributed by atoms with Crippen molar-refractivity contribution < 1.29 is 13.2 Å². The SMILES string of the molecule is CCN(CC)S(=O)(=O)N1CCC(Cc2nn(C)cc2C(=O)Nc2nccs2)CC1. The van der Waals surface area contributed by atoms with E-state index in [-0.39, 0.29) is 5.91 Å². The molecule has 1 aliphatic rings. The number of nitrogens with one attached hydrogen (secondary N) is 1. The van der Waals surface area contributed by atoms with E-state index in [4.69, 9.17) is 0 Å². The van der Waals surface area contributed by atoms with Crippen molar-refractivity contribution in [3.63, 3.8) is 0 Å². The van der Waals surface area contributed by atoms with E-state index in [1.807, 2.05) is 13.8 Å². The third-order valence-corrected chi connectivity index (χ3v) is 8.09. The smallest absolute Gasteiger partial charge is 0.281 e. The molecule has 1 aliphatic heterocycles. The number of carbonyl (C=O) groups is 1. The minimum absolute atomic E-state index is 0.218. The van der Waals surface area contributed by atoms with Crippen LogP contribution in [-0.2, 0) is 23.7 Å². The molecule has 1 N–H and O–H groups in total.